The van der Waals surface area contributed by atoms with Crippen LogP contribution in [0.3, 0.4) is 0 Å². The lowest BCUT2D eigenvalue weighted by atomic mass is 10.3. The summed E-state index contributed by atoms with van der Waals surface area (Å²) in [5.74, 6) is 0.00540. The van der Waals surface area contributed by atoms with Crippen LogP contribution in [-0.2, 0) is 30.3 Å². The molecule has 0 N–H and O–H groups in total. The minimum atomic E-state index is -0.595. The van der Waals surface area contributed by atoms with Gasteiger partial charge >= 0.3 is 11.9 Å². The summed E-state index contributed by atoms with van der Waals surface area (Å²) in [6.07, 6.45) is 1.24. The molecule has 1 amide bonds. The fourth-order valence-electron chi connectivity index (χ4n) is 2.59. The van der Waals surface area contributed by atoms with Gasteiger partial charge in [0.05, 0.1) is 31.0 Å². The Morgan fingerprint density at radius 3 is 2.61 bits per heavy atom. The monoisotopic (exact) mass is 408 g/mol. The number of rotatable bonds is 6. The van der Waals surface area contributed by atoms with Crippen LogP contribution in [0.5, 0.6) is 11.5 Å². The normalized spacial score (nSPS) is 14.1. The number of methoxy groups -OCH3 is 2. The molecule has 0 bridgehead atoms. The molecule has 1 aliphatic rings. The van der Waals surface area contributed by atoms with Crippen LogP contribution in [0.25, 0.3) is 10.2 Å². The molecule has 10 heteroatoms. The highest BCUT2D eigenvalue weighted by atomic mass is 32.1. The number of hydrogen-bond acceptors (Lipinski definition) is 8. The lowest BCUT2D eigenvalue weighted by molar-refractivity contribution is -0.143. The second-order valence-electron chi connectivity index (χ2n) is 5.57. The van der Waals surface area contributed by atoms with Gasteiger partial charge in [-0.2, -0.15) is 4.99 Å². The molecule has 1 aromatic carbocycles. The van der Waals surface area contributed by atoms with Crippen molar-refractivity contribution in [1.29, 1.82) is 0 Å². The van der Waals surface area contributed by atoms with Crippen molar-refractivity contribution < 1.29 is 33.3 Å². The maximum atomic E-state index is 12.4. The number of esters is 1. The first-order valence-corrected chi connectivity index (χ1v) is 9.33. The zero-order valence-corrected chi connectivity index (χ0v) is 16.5. The van der Waals surface area contributed by atoms with Gasteiger partial charge in [-0.25, -0.2) is 0 Å². The largest absolute Gasteiger partial charge is 0.494 e. The van der Waals surface area contributed by atoms with E-state index >= 15 is 0 Å². The van der Waals surface area contributed by atoms with E-state index in [0.717, 1.165) is 4.70 Å². The third-order valence-electron chi connectivity index (χ3n) is 3.84. The van der Waals surface area contributed by atoms with Crippen LogP contribution >= 0.6 is 11.3 Å². The number of carbonyl (C=O) groups is 2. The molecule has 0 radical (unpaired) electrons. The molecule has 0 spiro atoms. The summed E-state index contributed by atoms with van der Waals surface area (Å²) < 4.78 is 28.5. The number of thiazole rings is 1. The molecular formula is C18H20N2O7S. The van der Waals surface area contributed by atoms with Crippen LogP contribution < -0.4 is 14.3 Å². The first kappa shape index (κ1) is 19.7. The highest BCUT2D eigenvalue weighted by Crippen LogP contribution is 2.33. The molecule has 0 fully saturated rings. The van der Waals surface area contributed by atoms with E-state index in [1.165, 1.54) is 31.8 Å². The third-order valence-corrected chi connectivity index (χ3v) is 4.88. The average molecular weight is 408 g/mol. The summed E-state index contributed by atoms with van der Waals surface area (Å²) >= 11 is 1.23. The Balaban J connectivity index is 2.13. The maximum absolute atomic E-state index is 12.4. The number of carbonyl (C=O) groups excluding carboxylic acids is 2. The molecule has 150 valence electrons. The topological polar surface area (TPSA) is 97.6 Å². The number of hydrogen-bond donors (Lipinski definition) is 0. The van der Waals surface area contributed by atoms with Crippen molar-refractivity contribution in [3.05, 3.63) is 29.0 Å². The van der Waals surface area contributed by atoms with Crippen molar-refractivity contribution in [3.8, 4) is 11.5 Å². The summed E-state index contributed by atoms with van der Waals surface area (Å²) in [4.78, 5) is 29.0. The fourth-order valence-corrected chi connectivity index (χ4v) is 3.63. The maximum Gasteiger partial charge on any atom is 0.326 e. The Morgan fingerprint density at radius 1 is 1.21 bits per heavy atom. The van der Waals surface area contributed by atoms with Crippen molar-refractivity contribution in [1.82, 2.24) is 4.57 Å². The Labute approximate surface area is 164 Å². The van der Waals surface area contributed by atoms with Gasteiger partial charge in [-0.3, -0.25) is 9.59 Å². The Hall–Kier alpha value is -3.01. The predicted octanol–water partition coefficient (Wildman–Crippen LogP) is 1.60. The van der Waals surface area contributed by atoms with Gasteiger partial charge in [0.2, 0.25) is 5.76 Å². The molecule has 0 unspecified atom stereocenters. The van der Waals surface area contributed by atoms with Gasteiger partial charge < -0.3 is 28.3 Å². The van der Waals surface area contributed by atoms with Crippen molar-refractivity contribution >= 4 is 33.4 Å². The molecule has 2 aromatic rings. The van der Waals surface area contributed by atoms with Crippen LogP contribution in [0.15, 0.2) is 29.1 Å². The Morgan fingerprint density at radius 2 is 1.96 bits per heavy atom. The molecule has 2 heterocycles. The van der Waals surface area contributed by atoms with Gasteiger partial charge in [-0.05, 0) is 6.92 Å². The Kier molecular flexibility index (Phi) is 6.19. The van der Waals surface area contributed by atoms with Crippen molar-refractivity contribution in [2.24, 2.45) is 4.99 Å². The molecule has 0 saturated heterocycles. The molecular weight excluding hydrogens is 388 g/mol. The van der Waals surface area contributed by atoms with Crippen LogP contribution in [0.1, 0.15) is 6.92 Å². The number of fused-ring (bicyclic) bond motifs is 1. The Bertz CT molecular complexity index is 990. The molecule has 1 aliphatic heterocycles. The van der Waals surface area contributed by atoms with E-state index < -0.39 is 11.9 Å². The SMILES string of the molecule is CCOC(=O)Cn1c(=NC(=O)C2=COCCO2)sc2cc(OC)c(OC)cc21. The minimum absolute atomic E-state index is 0.0153. The summed E-state index contributed by atoms with van der Waals surface area (Å²) in [5, 5.41) is 0. The van der Waals surface area contributed by atoms with Crippen LogP contribution in [0.4, 0.5) is 0 Å². The van der Waals surface area contributed by atoms with Crippen molar-refractivity contribution in [2.45, 2.75) is 13.5 Å². The standard InChI is InChI=1S/C18H20N2O7S/c1-4-26-16(21)9-20-11-7-12(23-2)13(24-3)8-15(11)28-18(20)19-17(22)14-10-25-5-6-27-14/h7-8,10H,4-6,9H2,1-3H3. The predicted molar refractivity (Wildman–Crippen MR) is 100 cm³/mol. The third kappa shape index (κ3) is 4.11. The molecule has 1 aromatic heterocycles. The quantitative estimate of drug-likeness (QED) is 0.670. The highest BCUT2D eigenvalue weighted by molar-refractivity contribution is 7.16. The number of ether oxygens (including phenoxy) is 5. The van der Waals surface area contributed by atoms with Gasteiger partial charge in [0.1, 0.15) is 26.0 Å². The van der Waals surface area contributed by atoms with E-state index in [1.54, 1.807) is 23.6 Å². The molecule has 9 nitrogen and oxygen atoms in total. The van der Waals surface area contributed by atoms with Gasteiger partial charge in [0.15, 0.2) is 16.3 Å². The van der Waals surface area contributed by atoms with E-state index in [9.17, 15) is 9.59 Å². The second-order valence-corrected chi connectivity index (χ2v) is 6.58. The summed E-state index contributed by atoms with van der Waals surface area (Å²) in [6.45, 7) is 2.52. The number of aromatic nitrogens is 1. The summed E-state index contributed by atoms with van der Waals surface area (Å²) in [5.41, 5.74) is 0.664. The van der Waals surface area contributed by atoms with Crippen molar-refractivity contribution in [3.63, 3.8) is 0 Å². The minimum Gasteiger partial charge on any atom is -0.494 e. The first-order valence-electron chi connectivity index (χ1n) is 8.52. The molecule has 28 heavy (non-hydrogen) atoms. The van der Waals surface area contributed by atoms with E-state index in [-0.39, 0.29) is 25.5 Å². The molecule has 3 rings (SSSR count). The van der Waals surface area contributed by atoms with Gasteiger partial charge in [-0.15, -0.1) is 0 Å². The van der Waals surface area contributed by atoms with Crippen molar-refractivity contribution in [2.75, 3.05) is 34.0 Å². The smallest absolute Gasteiger partial charge is 0.326 e. The lowest BCUT2D eigenvalue weighted by Gasteiger charge is -2.12. The first-order chi connectivity index (χ1) is 13.6. The lowest BCUT2D eigenvalue weighted by Crippen LogP contribution is -2.24. The highest BCUT2D eigenvalue weighted by Gasteiger charge is 2.18. The van der Waals surface area contributed by atoms with Gasteiger partial charge in [-0.1, -0.05) is 11.3 Å². The van der Waals surface area contributed by atoms with Gasteiger partial charge in [0, 0.05) is 12.1 Å². The average Bonchev–Trinajstić information content (AvgIpc) is 3.03. The molecule has 0 saturated carbocycles. The molecule has 0 atom stereocenters. The second kappa shape index (κ2) is 8.79. The summed E-state index contributed by atoms with van der Waals surface area (Å²) in [6, 6.07) is 3.50. The zero-order valence-electron chi connectivity index (χ0n) is 15.7. The molecule has 0 aliphatic carbocycles. The number of nitrogens with zero attached hydrogens (tertiary/aromatic N) is 2. The zero-order chi connectivity index (χ0) is 20.1. The number of amides is 1. The summed E-state index contributed by atoms with van der Waals surface area (Å²) in [7, 11) is 3.05. The number of benzene rings is 1. The fraction of sp³-hybridized carbons (Fsp3) is 0.389. The van der Waals surface area contributed by atoms with E-state index in [4.69, 9.17) is 23.7 Å². The van der Waals surface area contributed by atoms with E-state index in [1.807, 2.05) is 0 Å². The van der Waals surface area contributed by atoms with Crippen LogP contribution in [0, 0.1) is 0 Å². The van der Waals surface area contributed by atoms with E-state index in [2.05, 4.69) is 4.99 Å². The van der Waals surface area contributed by atoms with Gasteiger partial charge in [0.25, 0.3) is 0 Å². The van der Waals surface area contributed by atoms with Crippen LogP contribution in [0.2, 0.25) is 0 Å². The van der Waals surface area contributed by atoms with Crippen LogP contribution in [-0.4, -0.2) is 50.5 Å². The van der Waals surface area contributed by atoms with E-state index in [0.29, 0.717) is 28.4 Å².